The average molecular weight is 314 g/mol. The fourth-order valence-corrected chi connectivity index (χ4v) is 2.09. The Morgan fingerprint density at radius 1 is 1.10 bits per heavy atom. The van der Waals surface area contributed by atoms with Crippen molar-refractivity contribution in [2.75, 3.05) is 0 Å². The van der Waals surface area contributed by atoms with Crippen molar-refractivity contribution in [3.63, 3.8) is 0 Å². The number of carbonyl (C=O) groups excluding carboxylic acids is 1. The van der Waals surface area contributed by atoms with Crippen LogP contribution in [-0.2, 0) is 10.0 Å². The van der Waals surface area contributed by atoms with E-state index >= 15 is 0 Å². The zero-order valence-corrected chi connectivity index (χ0v) is 11.4. The first-order chi connectivity index (χ1) is 9.47. The van der Waals surface area contributed by atoms with Gasteiger partial charge < -0.3 is 4.74 Å². The summed E-state index contributed by atoms with van der Waals surface area (Å²) in [7, 11) is -4.15. The molecule has 0 aliphatic rings. The molecule has 0 radical (unpaired) electrons. The number of nitrogens with zero attached hydrogens (tertiary/aromatic N) is 2. The Kier molecular flexibility index (Phi) is 4.16. The Morgan fingerprint density at radius 2 is 1.80 bits per heavy atom. The van der Waals surface area contributed by atoms with Gasteiger partial charge in [0.05, 0.1) is 0 Å². The van der Waals surface area contributed by atoms with Crippen molar-refractivity contribution in [1.82, 2.24) is 14.9 Å². The number of ether oxygens (including phenoxy) is 1. The second-order valence-corrected chi connectivity index (χ2v) is 5.52. The standard InChI is InChI=1S/C11H8ClN3O4S/c12-9-6-7-10(14-13-9)20(17,18)15-11(16)19-8-4-2-1-3-5-8/h1-7H,(H,15,16). The maximum atomic E-state index is 11.8. The summed E-state index contributed by atoms with van der Waals surface area (Å²) < 4.78 is 30.1. The molecule has 1 aromatic heterocycles. The van der Waals surface area contributed by atoms with E-state index in [9.17, 15) is 13.2 Å². The predicted octanol–water partition coefficient (Wildman–Crippen LogP) is 1.61. The summed E-state index contributed by atoms with van der Waals surface area (Å²) in [6.45, 7) is 0. The van der Waals surface area contributed by atoms with E-state index in [1.54, 1.807) is 22.9 Å². The highest BCUT2D eigenvalue weighted by Crippen LogP contribution is 2.10. The Morgan fingerprint density at radius 3 is 2.40 bits per heavy atom. The molecule has 2 aromatic rings. The smallest absolute Gasteiger partial charge is 0.410 e. The van der Waals surface area contributed by atoms with Gasteiger partial charge in [0.1, 0.15) is 5.75 Å². The number of amides is 1. The Balaban J connectivity index is 2.08. The highest BCUT2D eigenvalue weighted by atomic mass is 35.5. The van der Waals surface area contributed by atoms with Crippen LogP contribution in [0.15, 0.2) is 47.5 Å². The fourth-order valence-electron chi connectivity index (χ4n) is 1.23. The van der Waals surface area contributed by atoms with Gasteiger partial charge >= 0.3 is 6.09 Å². The van der Waals surface area contributed by atoms with Crippen molar-refractivity contribution in [2.24, 2.45) is 0 Å². The molecule has 104 valence electrons. The van der Waals surface area contributed by atoms with E-state index in [4.69, 9.17) is 16.3 Å². The SMILES string of the molecule is O=C(NS(=O)(=O)c1ccc(Cl)nn1)Oc1ccccc1. The minimum atomic E-state index is -4.15. The van der Waals surface area contributed by atoms with Crippen LogP contribution in [0.25, 0.3) is 0 Å². The van der Waals surface area contributed by atoms with Gasteiger partial charge in [-0.2, -0.15) is 8.42 Å². The highest BCUT2D eigenvalue weighted by Gasteiger charge is 2.20. The summed E-state index contributed by atoms with van der Waals surface area (Å²) in [5.41, 5.74) is 0. The van der Waals surface area contributed by atoms with Crippen LogP contribution in [-0.4, -0.2) is 24.7 Å². The van der Waals surface area contributed by atoms with Crippen LogP contribution in [0.5, 0.6) is 5.75 Å². The van der Waals surface area contributed by atoms with E-state index in [-0.39, 0.29) is 10.9 Å². The van der Waals surface area contributed by atoms with Gasteiger partial charge in [0, 0.05) is 0 Å². The molecular weight excluding hydrogens is 306 g/mol. The topological polar surface area (TPSA) is 98.2 Å². The maximum Gasteiger partial charge on any atom is 0.426 e. The summed E-state index contributed by atoms with van der Waals surface area (Å²) >= 11 is 5.49. The van der Waals surface area contributed by atoms with Crippen LogP contribution in [0, 0.1) is 0 Å². The molecule has 1 N–H and O–H groups in total. The van der Waals surface area contributed by atoms with Gasteiger partial charge in [-0.25, -0.2) is 9.52 Å². The van der Waals surface area contributed by atoms with Gasteiger partial charge in [0.2, 0.25) is 0 Å². The van der Waals surface area contributed by atoms with E-state index in [1.165, 1.54) is 18.2 Å². The summed E-state index contributed by atoms with van der Waals surface area (Å²) in [5.74, 6) is 0.211. The second-order valence-electron chi connectivity index (χ2n) is 3.50. The van der Waals surface area contributed by atoms with Gasteiger partial charge in [0.15, 0.2) is 10.2 Å². The molecule has 1 heterocycles. The van der Waals surface area contributed by atoms with Crippen molar-refractivity contribution in [2.45, 2.75) is 5.03 Å². The number of hydrogen-bond donors (Lipinski definition) is 1. The van der Waals surface area contributed by atoms with Crippen molar-refractivity contribution < 1.29 is 17.9 Å². The molecule has 0 saturated heterocycles. The molecule has 1 aromatic carbocycles. The average Bonchev–Trinajstić information content (AvgIpc) is 2.39. The minimum absolute atomic E-state index is 0.0378. The van der Waals surface area contributed by atoms with Crippen LogP contribution in [0.2, 0.25) is 5.15 Å². The number of carbonyl (C=O) groups is 1. The number of rotatable bonds is 3. The molecule has 0 spiro atoms. The molecule has 0 aliphatic heterocycles. The number of nitrogens with one attached hydrogen (secondary N) is 1. The van der Waals surface area contributed by atoms with Gasteiger partial charge in [0.25, 0.3) is 10.0 Å². The highest BCUT2D eigenvalue weighted by molar-refractivity contribution is 7.90. The summed E-state index contributed by atoms with van der Waals surface area (Å²) in [5, 5.41) is 6.35. The molecule has 0 bridgehead atoms. The zero-order valence-electron chi connectivity index (χ0n) is 9.86. The fraction of sp³-hybridized carbons (Fsp3) is 0. The number of para-hydroxylation sites is 1. The van der Waals surface area contributed by atoms with Crippen molar-refractivity contribution in [1.29, 1.82) is 0 Å². The third-order valence-corrected chi connectivity index (χ3v) is 3.46. The molecule has 20 heavy (non-hydrogen) atoms. The van der Waals surface area contributed by atoms with Crippen LogP contribution in [0.3, 0.4) is 0 Å². The van der Waals surface area contributed by atoms with E-state index in [0.717, 1.165) is 6.07 Å². The van der Waals surface area contributed by atoms with Crippen molar-refractivity contribution in [3.8, 4) is 5.75 Å². The summed E-state index contributed by atoms with van der Waals surface area (Å²) in [4.78, 5) is 11.5. The molecular formula is C11H8ClN3O4S. The van der Waals surface area contributed by atoms with Gasteiger partial charge in [-0.1, -0.05) is 29.8 Å². The Hall–Kier alpha value is -2.19. The van der Waals surface area contributed by atoms with Crippen LogP contribution in [0.4, 0.5) is 4.79 Å². The maximum absolute atomic E-state index is 11.8. The molecule has 0 atom stereocenters. The molecule has 1 amide bonds. The molecule has 0 fully saturated rings. The van der Waals surface area contributed by atoms with Gasteiger partial charge in [-0.05, 0) is 24.3 Å². The number of halogens is 1. The summed E-state index contributed by atoms with van der Waals surface area (Å²) in [6, 6.07) is 10.4. The van der Waals surface area contributed by atoms with Gasteiger partial charge in [-0.3, -0.25) is 0 Å². The van der Waals surface area contributed by atoms with Crippen LogP contribution >= 0.6 is 11.6 Å². The quantitative estimate of drug-likeness (QED) is 0.924. The van der Waals surface area contributed by atoms with Crippen LogP contribution < -0.4 is 9.46 Å². The first kappa shape index (κ1) is 14.2. The molecule has 0 unspecified atom stereocenters. The monoisotopic (exact) mass is 313 g/mol. The Labute approximate surface area is 119 Å². The number of sulfonamides is 1. The largest absolute Gasteiger partial charge is 0.426 e. The molecule has 9 heteroatoms. The minimum Gasteiger partial charge on any atom is -0.410 e. The summed E-state index contributed by atoms with van der Waals surface area (Å²) in [6.07, 6.45) is -1.15. The normalized spacial score (nSPS) is 10.8. The van der Waals surface area contributed by atoms with E-state index in [2.05, 4.69) is 10.2 Å². The number of benzene rings is 1. The first-order valence-corrected chi connectivity index (χ1v) is 7.12. The number of hydrogen-bond acceptors (Lipinski definition) is 6. The van der Waals surface area contributed by atoms with Crippen molar-refractivity contribution >= 4 is 27.7 Å². The van der Waals surface area contributed by atoms with E-state index in [1.807, 2.05) is 0 Å². The van der Waals surface area contributed by atoms with E-state index in [0.29, 0.717) is 0 Å². The third-order valence-electron chi connectivity index (χ3n) is 2.05. The molecule has 0 aliphatic carbocycles. The Bertz CT molecular complexity index is 704. The predicted molar refractivity (Wildman–Crippen MR) is 69.8 cm³/mol. The lowest BCUT2D eigenvalue weighted by atomic mass is 10.3. The first-order valence-electron chi connectivity index (χ1n) is 5.26. The van der Waals surface area contributed by atoms with E-state index < -0.39 is 21.1 Å². The molecule has 2 rings (SSSR count). The van der Waals surface area contributed by atoms with Gasteiger partial charge in [-0.15, -0.1) is 10.2 Å². The third kappa shape index (κ3) is 3.65. The number of aromatic nitrogens is 2. The molecule has 0 saturated carbocycles. The lowest BCUT2D eigenvalue weighted by Gasteiger charge is -2.06. The van der Waals surface area contributed by atoms with Crippen molar-refractivity contribution in [3.05, 3.63) is 47.6 Å². The second kappa shape index (κ2) is 5.85. The lowest BCUT2D eigenvalue weighted by Crippen LogP contribution is -2.33. The molecule has 7 nitrogen and oxygen atoms in total. The zero-order chi connectivity index (χ0) is 14.6. The van der Waals surface area contributed by atoms with Crippen LogP contribution in [0.1, 0.15) is 0 Å². The lowest BCUT2D eigenvalue weighted by molar-refractivity contribution is 0.207.